The minimum absolute atomic E-state index is 0.0971. The van der Waals surface area contributed by atoms with Crippen molar-refractivity contribution in [3.8, 4) is 5.75 Å². The standard InChI is InChI=1S/C29H34N2O5/c1-2-3-18-36-24-11-7-10-23(21-24)27-26(25(32)13-12-22-8-5-4-6-9-22)28(33)29(34)31(27)15-14-30-16-19-35-20-17-30/h4-13,21,27,33H,2-3,14-20H2,1H3/b13-12+. The lowest BCUT2D eigenvalue weighted by Crippen LogP contribution is -2.43. The highest BCUT2D eigenvalue weighted by atomic mass is 16.5. The van der Waals surface area contributed by atoms with E-state index in [1.165, 1.54) is 6.08 Å². The van der Waals surface area contributed by atoms with E-state index in [4.69, 9.17) is 9.47 Å². The van der Waals surface area contributed by atoms with E-state index in [0.717, 1.165) is 37.1 Å². The van der Waals surface area contributed by atoms with Crippen molar-refractivity contribution < 1.29 is 24.2 Å². The molecule has 1 N–H and O–H groups in total. The molecule has 0 spiro atoms. The number of benzene rings is 2. The Labute approximate surface area is 212 Å². The van der Waals surface area contributed by atoms with Crippen LogP contribution in [0.1, 0.15) is 36.9 Å². The molecular formula is C29H34N2O5. The van der Waals surface area contributed by atoms with Crippen LogP contribution in [0.4, 0.5) is 0 Å². The Hall–Kier alpha value is -3.42. The van der Waals surface area contributed by atoms with Gasteiger partial charge in [0.25, 0.3) is 5.91 Å². The lowest BCUT2D eigenvalue weighted by atomic mass is 9.95. The highest BCUT2D eigenvalue weighted by molar-refractivity contribution is 6.14. The molecule has 7 nitrogen and oxygen atoms in total. The van der Waals surface area contributed by atoms with Gasteiger partial charge in [-0.15, -0.1) is 0 Å². The molecule has 2 heterocycles. The molecule has 1 amide bonds. The predicted octanol–water partition coefficient (Wildman–Crippen LogP) is 4.18. The van der Waals surface area contributed by atoms with Gasteiger partial charge in [-0.25, -0.2) is 0 Å². The number of aliphatic hydroxyl groups excluding tert-OH is 1. The Morgan fingerprint density at radius 3 is 2.64 bits per heavy atom. The van der Waals surface area contributed by atoms with E-state index in [0.29, 0.717) is 38.7 Å². The van der Waals surface area contributed by atoms with E-state index in [1.807, 2.05) is 54.6 Å². The SMILES string of the molecule is CCCCOc1cccc(C2C(C(=O)/C=C/c3ccccc3)=C(O)C(=O)N2CCN2CCOCC2)c1. The summed E-state index contributed by atoms with van der Waals surface area (Å²) in [5.41, 5.74) is 1.70. The summed E-state index contributed by atoms with van der Waals surface area (Å²) in [4.78, 5) is 30.4. The van der Waals surface area contributed by atoms with Gasteiger partial charge < -0.3 is 19.5 Å². The van der Waals surface area contributed by atoms with E-state index < -0.39 is 17.7 Å². The summed E-state index contributed by atoms with van der Waals surface area (Å²) in [5.74, 6) is -0.718. The van der Waals surface area contributed by atoms with Crippen molar-refractivity contribution in [2.24, 2.45) is 0 Å². The highest BCUT2D eigenvalue weighted by Gasteiger charge is 2.43. The second-order valence-electron chi connectivity index (χ2n) is 9.00. The minimum Gasteiger partial charge on any atom is -0.503 e. The fourth-order valence-electron chi connectivity index (χ4n) is 4.49. The van der Waals surface area contributed by atoms with Gasteiger partial charge in [0.05, 0.1) is 31.4 Å². The molecule has 1 unspecified atom stereocenters. The number of ether oxygens (including phenoxy) is 2. The van der Waals surface area contributed by atoms with Crippen molar-refractivity contribution in [1.82, 2.24) is 9.80 Å². The van der Waals surface area contributed by atoms with Crippen LogP contribution in [-0.4, -0.2) is 72.6 Å². The van der Waals surface area contributed by atoms with Gasteiger partial charge in [-0.3, -0.25) is 14.5 Å². The lowest BCUT2D eigenvalue weighted by molar-refractivity contribution is -0.129. The van der Waals surface area contributed by atoms with Gasteiger partial charge in [0.15, 0.2) is 11.5 Å². The van der Waals surface area contributed by atoms with E-state index in [1.54, 1.807) is 11.0 Å². The normalized spacial score (nSPS) is 18.9. The summed E-state index contributed by atoms with van der Waals surface area (Å²) in [7, 11) is 0. The molecule has 0 radical (unpaired) electrons. The van der Waals surface area contributed by atoms with Crippen molar-refractivity contribution in [2.75, 3.05) is 46.0 Å². The van der Waals surface area contributed by atoms with Crippen LogP contribution < -0.4 is 4.74 Å². The Morgan fingerprint density at radius 2 is 1.89 bits per heavy atom. The zero-order chi connectivity index (χ0) is 25.3. The number of hydrogen-bond acceptors (Lipinski definition) is 6. The Balaban J connectivity index is 1.62. The lowest BCUT2D eigenvalue weighted by Gasteiger charge is -2.31. The van der Waals surface area contributed by atoms with Gasteiger partial charge in [0, 0.05) is 26.2 Å². The maximum absolute atomic E-state index is 13.4. The minimum atomic E-state index is -0.693. The summed E-state index contributed by atoms with van der Waals surface area (Å²) < 4.78 is 11.3. The number of ketones is 1. The fraction of sp³-hybridized carbons (Fsp3) is 0.379. The zero-order valence-electron chi connectivity index (χ0n) is 20.8. The molecule has 1 atom stereocenters. The van der Waals surface area contributed by atoms with E-state index in [-0.39, 0.29) is 11.4 Å². The van der Waals surface area contributed by atoms with E-state index in [9.17, 15) is 14.7 Å². The Bertz CT molecular complexity index is 1110. The first-order valence-electron chi connectivity index (χ1n) is 12.6. The summed E-state index contributed by atoms with van der Waals surface area (Å²) >= 11 is 0. The molecule has 2 aliphatic rings. The van der Waals surface area contributed by atoms with Crippen molar-refractivity contribution in [1.29, 1.82) is 0 Å². The molecule has 2 aromatic rings. The monoisotopic (exact) mass is 490 g/mol. The van der Waals surface area contributed by atoms with Gasteiger partial charge in [-0.1, -0.05) is 61.9 Å². The molecule has 2 aromatic carbocycles. The third-order valence-corrected chi connectivity index (χ3v) is 6.50. The van der Waals surface area contributed by atoms with Crippen molar-refractivity contribution in [3.63, 3.8) is 0 Å². The van der Waals surface area contributed by atoms with Crippen LogP contribution in [0.3, 0.4) is 0 Å². The molecule has 0 aromatic heterocycles. The molecule has 7 heteroatoms. The molecule has 36 heavy (non-hydrogen) atoms. The van der Waals surface area contributed by atoms with Gasteiger partial charge in [0.1, 0.15) is 5.75 Å². The van der Waals surface area contributed by atoms with Crippen molar-refractivity contribution >= 4 is 17.8 Å². The number of nitrogens with zero attached hydrogens (tertiary/aromatic N) is 2. The van der Waals surface area contributed by atoms with Crippen LogP contribution in [0.25, 0.3) is 6.08 Å². The zero-order valence-corrected chi connectivity index (χ0v) is 20.8. The van der Waals surface area contributed by atoms with Crippen LogP contribution in [-0.2, 0) is 14.3 Å². The number of hydrogen-bond donors (Lipinski definition) is 1. The van der Waals surface area contributed by atoms with Crippen molar-refractivity contribution in [3.05, 3.63) is 83.1 Å². The number of morpholine rings is 1. The van der Waals surface area contributed by atoms with Crippen LogP contribution in [0, 0.1) is 0 Å². The van der Waals surface area contributed by atoms with Crippen LogP contribution in [0.15, 0.2) is 72.0 Å². The average molecular weight is 491 g/mol. The molecule has 4 rings (SSSR count). The summed E-state index contributed by atoms with van der Waals surface area (Å²) in [6.45, 7) is 6.61. The maximum Gasteiger partial charge on any atom is 0.290 e. The summed E-state index contributed by atoms with van der Waals surface area (Å²) in [6, 6.07) is 16.2. The average Bonchev–Trinajstić information content (AvgIpc) is 3.17. The molecule has 1 fully saturated rings. The van der Waals surface area contributed by atoms with Gasteiger partial charge >= 0.3 is 0 Å². The number of amides is 1. The first kappa shape index (κ1) is 25.7. The quantitative estimate of drug-likeness (QED) is 0.376. The van der Waals surface area contributed by atoms with Crippen LogP contribution in [0.5, 0.6) is 5.75 Å². The Kier molecular flexibility index (Phi) is 8.92. The number of carbonyl (C=O) groups excluding carboxylic acids is 2. The molecule has 2 aliphatic heterocycles. The number of aliphatic hydroxyl groups is 1. The largest absolute Gasteiger partial charge is 0.503 e. The van der Waals surface area contributed by atoms with E-state index in [2.05, 4.69) is 11.8 Å². The number of rotatable bonds is 11. The highest BCUT2D eigenvalue weighted by Crippen LogP contribution is 2.39. The van der Waals surface area contributed by atoms with Crippen LogP contribution in [0.2, 0.25) is 0 Å². The second-order valence-corrected chi connectivity index (χ2v) is 9.00. The number of allylic oxidation sites excluding steroid dienone is 1. The van der Waals surface area contributed by atoms with Crippen LogP contribution >= 0.6 is 0 Å². The molecule has 0 aliphatic carbocycles. The molecule has 190 valence electrons. The van der Waals surface area contributed by atoms with Gasteiger partial charge in [-0.2, -0.15) is 0 Å². The third kappa shape index (κ3) is 6.22. The third-order valence-electron chi connectivity index (χ3n) is 6.50. The molecular weight excluding hydrogens is 456 g/mol. The van der Waals surface area contributed by atoms with E-state index >= 15 is 0 Å². The fourth-order valence-corrected chi connectivity index (χ4v) is 4.49. The first-order valence-corrected chi connectivity index (χ1v) is 12.6. The summed E-state index contributed by atoms with van der Waals surface area (Å²) in [5, 5.41) is 10.9. The number of carbonyl (C=O) groups is 2. The first-order chi connectivity index (χ1) is 17.6. The predicted molar refractivity (Wildman–Crippen MR) is 139 cm³/mol. The molecule has 1 saturated heterocycles. The van der Waals surface area contributed by atoms with Crippen molar-refractivity contribution in [2.45, 2.75) is 25.8 Å². The maximum atomic E-state index is 13.4. The van der Waals surface area contributed by atoms with Gasteiger partial charge in [0.2, 0.25) is 0 Å². The summed E-state index contributed by atoms with van der Waals surface area (Å²) in [6.07, 6.45) is 5.08. The topological polar surface area (TPSA) is 79.3 Å². The molecule has 0 bridgehead atoms. The smallest absolute Gasteiger partial charge is 0.290 e. The molecule has 0 saturated carbocycles. The number of unbranched alkanes of at least 4 members (excludes halogenated alkanes) is 1. The van der Waals surface area contributed by atoms with Gasteiger partial charge in [-0.05, 0) is 35.8 Å². The Morgan fingerprint density at radius 1 is 1.11 bits per heavy atom. The second kappa shape index (κ2) is 12.5.